The average molecular weight is 230 g/mol. The molecule has 2 aromatic rings. The summed E-state index contributed by atoms with van der Waals surface area (Å²) in [4.78, 5) is 0. The van der Waals surface area contributed by atoms with E-state index in [-0.39, 0.29) is 16.4 Å². The molecule has 0 aliphatic carbocycles. The molecule has 0 amide bonds. The molecule has 1 aromatic heterocycles. The average Bonchev–Trinajstić information content (AvgIpc) is 2.58. The molecule has 3 N–H and O–H groups in total. The van der Waals surface area contributed by atoms with E-state index in [1.807, 2.05) is 0 Å². The van der Waals surface area contributed by atoms with Gasteiger partial charge in [-0.15, -0.1) is 0 Å². The van der Waals surface area contributed by atoms with Crippen LogP contribution in [0, 0.1) is 11.6 Å². The van der Waals surface area contributed by atoms with Crippen molar-refractivity contribution in [1.29, 1.82) is 0 Å². The van der Waals surface area contributed by atoms with Gasteiger partial charge in [-0.1, -0.05) is 11.6 Å². The molecule has 0 atom stereocenters. The van der Waals surface area contributed by atoms with Gasteiger partial charge in [0.05, 0.1) is 11.2 Å². The lowest BCUT2D eigenvalue weighted by atomic mass is 10.1. The monoisotopic (exact) mass is 229 g/mol. The largest absolute Gasteiger partial charge is 0.384 e. The van der Waals surface area contributed by atoms with Crippen molar-refractivity contribution in [3.8, 4) is 11.1 Å². The van der Waals surface area contributed by atoms with Crippen LogP contribution in [0.2, 0.25) is 5.02 Å². The van der Waals surface area contributed by atoms with Gasteiger partial charge in [0, 0.05) is 17.2 Å². The van der Waals surface area contributed by atoms with E-state index in [9.17, 15) is 8.78 Å². The fraction of sp³-hybridized carbons (Fsp3) is 0. The summed E-state index contributed by atoms with van der Waals surface area (Å²) in [6.45, 7) is 0. The van der Waals surface area contributed by atoms with Gasteiger partial charge in [0.2, 0.25) is 0 Å². The van der Waals surface area contributed by atoms with Crippen LogP contribution in [0.3, 0.4) is 0 Å². The third kappa shape index (κ3) is 1.66. The van der Waals surface area contributed by atoms with Crippen molar-refractivity contribution < 1.29 is 8.78 Å². The minimum Gasteiger partial charge on any atom is -0.384 e. The number of anilines is 1. The van der Waals surface area contributed by atoms with Crippen molar-refractivity contribution in [2.75, 3.05) is 5.73 Å². The fourth-order valence-corrected chi connectivity index (χ4v) is 1.47. The Morgan fingerprint density at radius 1 is 1.27 bits per heavy atom. The zero-order valence-corrected chi connectivity index (χ0v) is 8.15. The first-order valence-electron chi connectivity index (χ1n) is 4.03. The molecule has 15 heavy (non-hydrogen) atoms. The fourth-order valence-electron chi connectivity index (χ4n) is 1.26. The quantitative estimate of drug-likeness (QED) is 0.739. The van der Waals surface area contributed by atoms with Crippen LogP contribution >= 0.6 is 11.6 Å². The van der Waals surface area contributed by atoms with Crippen molar-refractivity contribution in [2.24, 2.45) is 0 Å². The molecule has 1 aromatic carbocycles. The first kappa shape index (κ1) is 9.92. The van der Waals surface area contributed by atoms with Gasteiger partial charge < -0.3 is 5.73 Å². The van der Waals surface area contributed by atoms with Gasteiger partial charge in [0.15, 0.2) is 0 Å². The standard InChI is InChI=1S/C9H6ClF2N3/c10-8-5(1-4(11)2-7(8)12)6-3-14-15-9(6)13/h1-3H,(H3,13,14,15). The molecule has 0 unspecified atom stereocenters. The molecule has 0 saturated carbocycles. The maximum atomic E-state index is 13.1. The summed E-state index contributed by atoms with van der Waals surface area (Å²) < 4.78 is 26.1. The van der Waals surface area contributed by atoms with E-state index in [1.54, 1.807) is 0 Å². The van der Waals surface area contributed by atoms with E-state index in [0.29, 0.717) is 11.6 Å². The van der Waals surface area contributed by atoms with Gasteiger partial charge >= 0.3 is 0 Å². The Labute approximate surface area is 88.9 Å². The highest BCUT2D eigenvalue weighted by Crippen LogP contribution is 2.33. The minimum atomic E-state index is -0.827. The normalized spacial score (nSPS) is 10.6. The first-order chi connectivity index (χ1) is 7.09. The third-order valence-electron chi connectivity index (χ3n) is 1.95. The van der Waals surface area contributed by atoms with Gasteiger partial charge in [0.1, 0.15) is 17.5 Å². The molecule has 0 aliphatic heterocycles. The Hall–Kier alpha value is -1.62. The summed E-state index contributed by atoms with van der Waals surface area (Å²) in [5, 5.41) is 5.93. The summed E-state index contributed by atoms with van der Waals surface area (Å²) in [5.74, 6) is -1.33. The zero-order chi connectivity index (χ0) is 11.0. The zero-order valence-electron chi connectivity index (χ0n) is 7.39. The van der Waals surface area contributed by atoms with Crippen LogP contribution in [0.15, 0.2) is 18.3 Å². The van der Waals surface area contributed by atoms with Crippen LogP contribution in [0.1, 0.15) is 0 Å². The van der Waals surface area contributed by atoms with Crippen molar-refractivity contribution in [3.05, 3.63) is 35.0 Å². The maximum Gasteiger partial charge on any atom is 0.145 e. The number of hydrogen-bond acceptors (Lipinski definition) is 2. The van der Waals surface area contributed by atoms with Crippen molar-refractivity contribution >= 4 is 17.4 Å². The number of nitrogen functional groups attached to an aromatic ring is 1. The maximum absolute atomic E-state index is 13.1. The molecular weight excluding hydrogens is 224 g/mol. The van der Waals surface area contributed by atoms with Gasteiger partial charge in [-0.25, -0.2) is 8.78 Å². The Bertz CT molecular complexity index is 510. The molecule has 1 heterocycles. The molecule has 0 saturated heterocycles. The smallest absolute Gasteiger partial charge is 0.145 e. The van der Waals surface area contributed by atoms with E-state index in [4.69, 9.17) is 17.3 Å². The number of aromatic amines is 1. The minimum absolute atomic E-state index is 0.176. The lowest BCUT2D eigenvalue weighted by Gasteiger charge is -2.03. The number of nitrogens with two attached hydrogens (primary N) is 1. The Morgan fingerprint density at radius 2 is 2.00 bits per heavy atom. The van der Waals surface area contributed by atoms with Crippen LogP contribution in [-0.4, -0.2) is 10.2 Å². The lowest BCUT2D eigenvalue weighted by Crippen LogP contribution is -1.91. The van der Waals surface area contributed by atoms with Crippen LogP contribution in [0.25, 0.3) is 11.1 Å². The number of halogens is 3. The molecule has 0 fully saturated rings. The number of nitrogens with zero attached hydrogens (tertiary/aromatic N) is 1. The topological polar surface area (TPSA) is 54.7 Å². The van der Waals surface area contributed by atoms with Gasteiger partial charge in [-0.2, -0.15) is 5.10 Å². The van der Waals surface area contributed by atoms with Crippen molar-refractivity contribution in [1.82, 2.24) is 10.2 Å². The van der Waals surface area contributed by atoms with Crippen LogP contribution < -0.4 is 5.73 Å². The second-order valence-corrected chi connectivity index (χ2v) is 3.32. The molecule has 2 rings (SSSR count). The highest BCUT2D eigenvalue weighted by atomic mass is 35.5. The molecule has 6 heteroatoms. The van der Waals surface area contributed by atoms with Crippen molar-refractivity contribution in [2.45, 2.75) is 0 Å². The molecule has 3 nitrogen and oxygen atoms in total. The molecule has 0 radical (unpaired) electrons. The van der Waals surface area contributed by atoms with E-state index < -0.39 is 11.6 Å². The summed E-state index contributed by atoms with van der Waals surface area (Å²) in [7, 11) is 0. The van der Waals surface area contributed by atoms with Crippen LogP contribution in [0.5, 0.6) is 0 Å². The number of rotatable bonds is 1. The second-order valence-electron chi connectivity index (χ2n) is 2.95. The molecular formula is C9H6ClF2N3. The molecule has 0 bridgehead atoms. The van der Waals surface area contributed by atoms with Gasteiger partial charge in [0.25, 0.3) is 0 Å². The van der Waals surface area contributed by atoms with Crippen LogP contribution in [0.4, 0.5) is 14.6 Å². The molecule has 0 aliphatic rings. The summed E-state index contributed by atoms with van der Waals surface area (Å²) in [5.41, 5.74) is 6.07. The summed E-state index contributed by atoms with van der Waals surface area (Å²) in [6, 6.07) is 1.81. The Balaban J connectivity index is 2.68. The Kier molecular flexibility index (Phi) is 2.32. The highest BCUT2D eigenvalue weighted by molar-refractivity contribution is 6.33. The third-order valence-corrected chi connectivity index (χ3v) is 2.34. The van der Waals surface area contributed by atoms with E-state index in [2.05, 4.69) is 10.2 Å². The SMILES string of the molecule is Nc1[nH]ncc1-c1cc(F)cc(F)c1Cl. The van der Waals surface area contributed by atoms with Gasteiger partial charge in [-0.05, 0) is 6.07 Å². The highest BCUT2D eigenvalue weighted by Gasteiger charge is 2.14. The number of hydrogen-bond donors (Lipinski definition) is 2. The Morgan fingerprint density at radius 3 is 2.60 bits per heavy atom. The second kappa shape index (κ2) is 3.51. The van der Waals surface area contributed by atoms with Crippen molar-refractivity contribution in [3.63, 3.8) is 0 Å². The predicted molar refractivity (Wildman–Crippen MR) is 53.4 cm³/mol. The number of benzene rings is 1. The van der Waals surface area contributed by atoms with E-state index in [1.165, 1.54) is 6.20 Å². The number of nitrogens with one attached hydrogen (secondary N) is 1. The van der Waals surface area contributed by atoms with E-state index >= 15 is 0 Å². The molecule has 78 valence electrons. The van der Waals surface area contributed by atoms with Crippen LogP contribution in [-0.2, 0) is 0 Å². The summed E-state index contributed by atoms with van der Waals surface area (Å²) in [6.07, 6.45) is 1.36. The predicted octanol–water partition coefficient (Wildman–Crippen LogP) is 2.59. The first-order valence-corrected chi connectivity index (χ1v) is 4.41. The van der Waals surface area contributed by atoms with Gasteiger partial charge in [-0.3, -0.25) is 5.10 Å². The lowest BCUT2D eigenvalue weighted by molar-refractivity contribution is 0.584. The molecule has 0 spiro atoms. The summed E-state index contributed by atoms with van der Waals surface area (Å²) >= 11 is 5.69. The number of H-pyrrole nitrogens is 1. The number of aromatic nitrogens is 2. The van der Waals surface area contributed by atoms with E-state index in [0.717, 1.165) is 6.07 Å².